The molecule has 0 aliphatic carbocycles. The summed E-state index contributed by atoms with van der Waals surface area (Å²) in [7, 11) is -2.58. The Hall–Kier alpha value is -1.44. The van der Waals surface area contributed by atoms with Gasteiger partial charge in [-0.05, 0) is 42.8 Å². The second kappa shape index (κ2) is 6.76. The van der Waals surface area contributed by atoms with E-state index >= 15 is 0 Å². The van der Waals surface area contributed by atoms with Crippen molar-refractivity contribution in [3.63, 3.8) is 0 Å². The van der Waals surface area contributed by atoms with Gasteiger partial charge in [-0.1, -0.05) is 28.1 Å². The van der Waals surface area contributed by atoms with E-state index in [1.807, 2.05) is 18.2 Å². The summed E-state index contributed by atoms with van der Waals surface area (Å²) in [5.41, 5.74) is 0.785. The van der Waals surface area contributed by atoms with Crippen LogP contribution in [0.15, 0.2) is 51.8 Å². The summed E-state index contributed by atoms with van der Waals surface area (Å²) in [5, 5.41) is 0. The molecule has 2 aromatic rings. The molecule has 2 rings (SSSR count). The number of rotatable bonds is 5. The van der Waals surface area contributed by atoms with Crippen LogP contribution in [0.1, 0.15) is 18.5 Å². The molecule has 22 heavy (non-hydrogen) atoms. The lowest BCUT2D eigenvalue weighted by molar-refractivity contribution is 0.400. The Labute approximate surface area is 137 Å². The minimum absolute atomic E-state index is 0.0929. The van der Waals surface area contributed by atoms with Gasteiger partial charge in [0.2, 0.25) is 10.0 Å². The van der Waals surface area contributed by atoms with Crippen LogP contribution < -0.4 is 9.46 Å². The van der Waals surface area contributed by atoms with Crippen molar-refractivity contribution in [1.29, 1.82) is 0 Å². The molecule has 0 heterocycles. The maximum Gasteiger partial charge on any atom is 0.244 e. The van der Waals surface area contributed by atoms with Crippen molar-refractivity contribution in [3.8, 4) is 5.75 Å². The van der Waals surface area contributed by atoms with E-state index in [4.69, 9.17) is 4.74 Å². The molecule has 0 saturated carbocycles. The molecule has 0 radical (unpaired) electrons. The third kappa shape index (κ3) is 3.85. The second-order valence-corrected chi connectivity index (χ2v) is 7.29. The largest absolute Gasteiger partial charge is 0.495 e. The van der Waals surface area contributed by atoms with Gasteiger partial charge in [-0.2, -0.15) is 0 Å². The highest BCUT2D eigenvalue weighted by atomic mass is 79.9. The van der Waals surface area contributed by atoms with Crippen molar-refractivity contribution in [2.75, 3.05) is 7.11 Å². The number of methoxy groups -OCH3 is 1. The van der Waals surface area contributed by atoms with E-state index in [9.17, 15) is 12.8 Å². The van der Waals surface area contributed by atoms with Gasteiger partial charge < -0.3 is 4.74 Å². The van der Waals surface area contributed by atoms with E-state index in [1.54, 1.807) is 13.0 Å². The van der Waals surface area contributed by atoms with Crippen LogP contribution in [0.2, 0.25) is 0 Å². The lowest BCUT2D eigenvalue weighted by atomic mass is 10.1. The van der Waals surface area contributed by atoms with Gasteiger partial charge in [-0.25, -0.2) is 17.5 Å². The number of sulfonamides is 1. The molecule has 0 spiro atoms. The van der Waals surface area contributed by atoms with Gasteiger partial charge in [-0.15, -0.1) is 0 Å². The SMILES string of the molecule is COc1ccc(F)cc1S(=O)(=O)N[C@H](C)c1cccc(Br)c1. The van der Waals surface area contributed by atoms with E-state index in [2.05, 4.69) is 20.7 Å². The Morgan fingerprint density at radius 3 is 2.59 bits per heavy atom. The van der Waals surface area contributed by atoms with Crippen LogP contribution in [-0.2, 0) is 10.0 Å². The average Bonchev–Trinajstić information content (AvgIpc) is 2.46. The lowest BCUT2D eigenvalue weighted by Crippen LogP contribution is -2.27. The standard InChI is InChI=1S/C15H15BrFNO3S/c1-10(11-4-3-5-12(16)8-11)18-22(19,20)15-9-13(17)6-7-14(15)21-2/h3-10,18H,1-2H3/t10-/m1/s1. The molecule has 0 bridgehead atoms. The molecule has 1 atom stereocenters. The van der Waals surface area contributed by atoms with Gasteiger partial charge in [0, 0.05) is 10.5 Å². The van der Waals surface area contributed by atoms with Crippen molar-refractivity contribution < 1.29 is 17.5 Å². The van der Waals surface area contributed by atoms with Crippen molar-refractivity contribution in [3.05, 3.63) is 58.3 Å². The van der Waals surface area contributed by atoms with Crippen LogP contribution in [0.3, 0.4) is 0 Å². The molecular formula is C15H15BrFNO3S. The molecule has 0 saturated heterocycles. The minimum atomic E-state index is -3.92. The molecule has 0 fully saturated rings. The van der Waals surface area contributed by atoms with Gasteiger partial charge in [0.05, 0.1) is 7.11 Å². The van der Waals surface area contributed by atoms with Crippen LogP contribution in [0.25, 0.3) is 0 Å². The molecule has 0 aliphatic rings. The quantitative estimate of drug-likeness (QED) is 0.851. The van der Waals surface area contributed by atoms with Crippen LogP contribution in [-0.4, -0.2) is 15.5 Å². The zero-order chi connectivity index (χ0) is 16.3. The first kappa shape index (κ1) is 16.9. The van der Waals surface area contributed by atoms with Crippen molar-refractivity contribution >= 4 is 26.0 Å². The average molecular weight is 388 g/mol. The zero-order valence-electron chi connectivity index (χ0n) is 12.0. The highest BCUT2D eigenvalue weighted by Crippen LogP contribution is 2.26. The van der Waals surface area contributed by atoms with Crippen LogP contribution in [0.5, 0.6) is 5.75 Å². The highest BCUT2D eigenvalue weighted by molar-refractivity contribution is 9.10. The second-order valence-electron chi connectivity index (χ2n) is 4.69. The minimum Gasteiger partial charge on any atom is -0.495 e. The van der Waals surface area contributed by atoms with E-state index in [1.165, 1.54) is 13.2 Å². The number of halogens is 2. The molecule has 0 aromatic heterocycles. The normalized spacial score (nSPS) is 12.9. The number of ether oxygens (including phenoxy) is 1. The molecular weight excluding hydrogens is 373 g/mol. The molecule has 118 valence electrons. The molecule has 0 unspecified atom stereocenters. The van der Waals surface area contributed by atoms with Crippen LogP contribution in [0.4, 0.5) is 4.39 Å². The predicted octanol–water partition coefficient (Wildman–Crippen LogP) is 3.64. The summed E-state index contributed by atoms with van der Waals surface area (Å²) in [6.07, 6.45) is 0. The number of hydrogen-bond donors (Lipinski definition) is 1. The van der Waals surface area contributed by atoms with Gasteiger partial charge in [0.25, 0.3) is 0 Å². The lowest BCUT2D eigenvalue weighted by Gasteiger charge is -2.16. The van der Waals surface area contributed by atoms with Gasteiger partial charge in [0.15, 0.2) is 0 Å². The number of benzene rings is 2. The Morgan fingerprint density at radius 1 is 1.23 bits per heavy atom. The molecule has 2 aromatic carbocycles. The summed E-state index contributed by atoms with van der Waals surface area (Å²) in [6, 6.07) is 10.2. The maximum absolute atomic E-state index is 13.4. The van der Waals surface area contributed by atoms with Gasteiger partial charge >= 0.3 is 0 Å². The molecule has 0 aliphatic heterocycles. The van der Waals surface area contributed by atoms with Crippen molar-refractivity contribution in [2.45, 2.75) is 17.9 Å². The molecule has 1 N–H and O–H groups in total. The van der Waals surface area contributed by atoms with Crippen LogP contribution >= 0.6 is 15.9 Å². The fraction of sp³-hybridized carbons (Fsp3) is 0.200. The topological polar surface area (TPSA) is 55.4 Å². The van der Waals surface area contributed by atoms with E-state index in [0.29, 0.717) is 0 Å². The van der Waals surface area contributed by atoms with Crippen molar-refractivity contribution in [2.24, 2.45) is 0 Å². The fourth-order valence-corrected chi connectivity index (χ4v) is 3.83. The van der Waals surface area contributed by atoms with E-state index in [-0.39, 0.29) is 10.6 Å². The fourth-order valence-electron chi connectivity index (χ4n) is 2.00. The first-order valence-corrected chi connectivity index (χ1v) is 8.72. The maximum atomic E-state index is 13.4. The molecule has 7 heteroatoms. The Kier molecular flexibility index (Phi) is 5.20. The van der Waals surface area contributed by atoms with Crippen LogP contribution in [0, 0.1) is 5.82 Å². The third-order valence-electron chi connectivity index (χ3n) is 3.10. The molecule has 4 nitrogen and oxygen atoms in total. The summed E-state index contributed by atoms with van der Waals surface area (Å²) in [6.45, 7) is 1.71. The van der Waals surface area contributed by atoms with Gasteiger partial charge in [-0.3, -0.25) is 0 Å². The van der Waals surface area contributed by atoms with Gasteiger partial charge in [0.1, 0.15) is 16.5 Å². The highest BCUT2D eigenvalue weighted by Gasteiger charge is 2.23. The zero-order valence-corrected chi connectivity index (χ0v) is 14.4. The summed E-state index contributed by atoms with van der Waals surface area (Å²) < 4.78 is 46.7. The first-order valence-electron chi connectivity index (χ1n) is 6.45. The number of nitrogens with one attached hydrogen (secondary N) is 1. The van der Waals surface area contributed by atoms with E-state index < -0.39 is 21.9 Å². The summed E-state index contributed by atoms with van der Waals surface area (Å²) in [5.74, 6) is -0.549. The summed E-state index contributed by atoms with van der Waals surface area (Å²) in [4.78, 5) is -0.225. The Bertz CT molecular complexity index is 780. The van der Waals surface area contributed by atoms with Crippen molar-refractivity contribution in [1.82, 2.24) is 4.72 Å². The Balaban J connectivity index is 2.33. The number of hydrogen-bond acceptors (Lipinski definition) is 3. The first-order chi connectivity index (χ1) is 10.3. The third-order valence-corrected chi connectivity index (χ3v) is 5.15. The smallest absolute Gasteiger partial charge is 0.244 e. The predicted molar refractivity (Wildman–Crippen MR) is 85.8 cm³/mol. The Morgan fingerprint density at radius 2 is 1.95 bits per heavy atom. The van der Waals surface area contributed by atoms with E-state index in [0.717, 1.165) is 22.2 Å². The monoisotopic (exact) mass is 387 g/mol. The molecule has 0 amide bonds. The summed E-state index contributed by atoms with van der Waals surface area (Å²) >= 11 is 3.34.